The molecule has 0 aliphatic carbocycles. The number of hydrogen-bond donors (Lipinski definition) is 2. The number of rotatable bonds is 3. The first-order valence-electron chi connectivity index (χ1n) is 5.92. The maximum atomic E-state index is 13.0. The van der Waals surface area contributed by atoms with Gasteiger partial charge in [-0.05, 0) is 24.1 Å². The standard InChI is InChI=1S/C13H14FN3O2/c1-7(2)5-11(18)16-17-12-9-4-3-8(14)6-10(9)15-13(12)19/h3-4,6-7,15,19H,5H2,1-2H3. The number of hydrogen-bond acceptors (Lipinski definition) is 3. The van der Waals surface area contributed by atoms with Crippen molar-refractivity contribution in [2.24, 2.45) is 16.1 Å². The van der Waals surface area contributed by atoms with Crippen LogP contribution in [0.15, 0.2) is 28.4 Å². The lowest BCUT2D eigenvalue weighted by atomic mass is 10.1. The number of H-pyrrole nitrogens is 1. The van der Waals surface area contributed by atoms with Gasteiger partial charge in [0.15, 0.2) is 5.69 Å². The van der Waals surface area contributed by atoms with Crippen molar-refractivity contribution >= 4 is 22.5 Å². The van der Waals surface area contributed by atoms with Crippen molar-refractivity contribution in [3.8, 4) is 5.88 Å². The fourth-order valence-corrected chi connectivity index (χ4v) is 1.74. The highest BCUT2D eigenvalue weighted by molar-refractivity contribution is 5.94. The first kappa shape index (κ1) is 13.2. The van der Waals surface area contributed by atoms with Crippen LogP contribution in [0.5, 0.6) is 5.88 Å². The molecule has 0 unspecified atom stereocenters. The van der Waals surface area contributed by atoms with Crippen LogP contribution in [0, 0.1) is 11.7 Å². The van der Waals surface area contributed by atoms with E-state index in [1.165, 1.54) is 18.2 Å². The summed E-state index contributed by atoms with van der Waals surface area (Å²) in [5.74, 6) is -0.821. The number of benzene rings is 1. The minimum atomic E-state index is -0.423. The summed E-state index contributed by atoms with van der Waals surface area (Å²) in [5.41, 5.74) is 0.551. The summed E-state index contributed by atoms with van der Waals surface area (Å²) in [6, 6.07) is 3.97. The number of fused-ring (bicyclic) bond motifs is 1. The molecule has 5 nitrogen and oxygen atoms in total. The lowest BCUT2D eigenvalue weighted by molar-refractivity contribution is -0.118. The van der Waals surface area contributed by atoms with Crippen LogP contribution < -0.4 is 0 Å². The number of aromatic hydroxyl groups is 1. The van der Waals surface area contributed by atoms with Crippen LogP contribution in [0.4, 0.5) is 10.1 Å². The predicted molar refractivity (Wildman–Crippen MR) is 68.9 cm³/mol. The van der Waals surface area contributed by atoms with E-state index in [0.717, 1.165) is 0 Å². The molecule has 19 heavy (non-hydrogen) atoms. The van der Waals surface area contributed by atoms with Crippen molar-refractivity contribution in [3.05, 3.63) is 24.0 Å². The van der Waals surface area contributed by atoms with E-state index in [1.807, 2.05) is 13.8 Å². The van der Waals surface area contributed by atoms with E-state index in [4.69, 9.17) is 0 Å². The van der Waals surface area contributed by atoms with Crippen LogP contribution in [-0.2, 0) is 4.79 Å². The van der Waals surface area contributed by atoms with Gasteiger partial charge >= 0.3 is 0 Å². The highest BCUT2D eigenvalue weighted by Crippen LogP contribution is 2.35. The average Bonchev–Trinajstić information content (AvgIpc) is 2.60. The second-order valence-corrected chi connectivity index (χ2v) is 4.70. The summed E-state index contributed by atoms with van der Waals surface area (Å²) in [4.78, 5) is 14.0. The van der Waals surface area contributed by atoms with Crippen molar-refractivity contribution < 1.29 is 14.3 Å². The molecule has 1 amide bonds. The highest BCUT2D eigenvalue weighted by Gasteiger charge is 2.11. The Kier molecular flexibility index (Phi) is 3.59. The fourth-order valence-electron chi connectivity index (χ4n) is 1.74. The molecule has 1 aromatic carbocycles. The van der Waals surface area contributed by atoms with Gasteiger partial charge in [0.25, 0.3) is 5.91 Å². The molecule has 100 valence electrons. The Morgan fingerprint density at radius 2 is 2.21 bits per heavy atom. The lowest BCUT2D eigenvalue weighted by Crippen LogP contribution is -1.97. The molecule has 1 aromatic heterocycles. The van der Waals surface area contributed by atoms with Gasteiger partial charge in [-0.15, -0.1) is 10.2 Å². The highest BCUT2D eigenvalue weighted by atomic mass is 19.1. The van der Waals surface area contributed by atoms with Crippen molar-refractivity contribution in [2.75, 3.05) is 0 Å². The Hall–Kier alpha value is -2.24. The van der Waals surface area contributed by atoms with Crippen LogP contribution in [-0.4, -0.2) is 16.0 Å². The Morgan fingerprint density at radius 1 is 1.47 bits per heavy atom. The number of carbonyl (C=O) groups is 1. The van der Waals surface area contributed by atoms with E-state index in [2.05, 4.69) is 15.2 Å². The zero-order chi connectivity index (χ0) is 14.0. The van der Waals surface area contributed by atoms with Crippen LogP contribution >= 0.6 is 0 Å². The van der Waals surface area contributed by atoms with Gasteiger partial charge in [0.2, 0.25) is 5.88 Å². The third-order valence-electron chi connectivity index (χ3n) is 2.56. The maximum Gasteiger partial charge on any atom is 0.265 e. The molecule has 0 radical (unpaired) electrons. The van der Waals surface area contributed by atoms with Crippen LogP contribution in [0.1, 0.15) is 20.3 Å². The van der Waals surface area contributed by atoms with Crippen molar-refractivity contribution in [2.45, 2.75) is 20.3 Å². The first-order chi connectivity index (χ1) is 8.97. The van der Waals surface area contributed by atoms with E-state index in [0.29, 0.717) is 17.3 Å². The fraction of sp³-hybridized carbons (Fsp3) is 0.308. The minimum Gasteiger partial charge on any atom is -0.493 e. The molecule has 0 aliphatic heterocycles. The van der Waals surface area contributed by atoms with Crippen LogP contribution in [0.2, 0.25) is 0 Å². The number of carbonyl (C=O) groups excluding carboxylic acids is 1. The van der Waals surface area contributed by atoms with Crippen molar-refractivity contribution in [1.29, 1.82) is 0 Å². The van der Waals surface area contributed by atoms with E-state index >= 15 is 0 Å². The maximum absolute atomic E-state index is 13.0. The van der Waals surface area contributed by atoms with Crippen molar-refractivity contribution in [3.63, 3.8) is 0 Å². The smallest absolute Gasteiger partial charge is 0.265 e. The van der Waals surface area contributed by atoms with Crippen LogP contribution in [0.25, 0.3) is 10.9 Å². The van der Waals surface area contributed by atoms with Gasteiger partial charge in [0.05, 0.1) is 5.52 Å². The molecule has 0 saturated carbocycles. The SMILES string of the molecule is CC(C)CC(=O)N=Nc1c(O)[nH]c2cc(F)ccc12. The Labute approximate surface area is 109 Å². The number of aromatic amines is 1. The summed E-state index contributed by atoms with van der Waals surface area (Å²) >= 11 is 0. The molecule has 0 spiro atoms. The number of amides is 1. The largest absolute Gasteiger partial charge is 0.493 e. The number of nitrogens with zero attached hydrogens (tertiary/aromatic N) is 2. The first-order valence-corrected chi connectivity index (χ1v) is 5.92. The Bertz CT molecular complexity index is 647. The molecular weight excluding hydrogens is 249 g/mol. The molecule has 0 atom stereocenters. The average molecular weight is 263 g/mol. The monoisotopic (exact) mass is 263 g/mol. The summed E-state index contributed by atoms with van der Waals surface area (Å²) in [5, 5.41) is 17.5. The van der Waals surface area contributed by atoms with E-state index in [9.17, 15) is 14.3 Å². The van der Waals surface area contributed by atoms with E-state index in [1.54, 1.807) is 0 Å². The molecule has 0 saturated heterocycles. The van der Waals surface area contributed by atoms with Gasteiger partial charge < -0.3 is 10.1 Å². The summed E-state index contributed by atoms with van der Waals surface area (Å²) in [6.07, 6.45) is 0.293. The second kappa shape index (κ2) is 5.17. The molecule has 1 heterocycles. The Morgan fingerprint density at radius 3 is 2.89 bits per heavy atom. The topological polar surface area (TPSA) is 77.8 Å². The number of azo groups is 1. The molecule has 6 heteroatoms. The second-order valence-electron chi connectivity index (χ2n) is 4.70. The molecule has 0 aliphatic rings. The third kappa shape index (κ3) is 2.96. The normalized spacial score (nSPS) is 11.8. The van der Waals surface area contributed by atoms with Gasteiger partial charge in [-0.25, -0.2) is 4.39 Å². The van der Waals surface area contributed by atoms with Crippen LogP contribution in [0.3, 0.4) is 0 Å². The minimum absolute atomic E-state index is 0.145. The predicted octanol–water partition coefficient (Wildman–Crippen LogP) is 3.67. The molecule has 0 bridgehead atoms. The van der Waals surface area contributed by atoms with Gasteiger partial charge in [-0.2, -0.15) is 0 Å². The van der Waals surface area contributed by atoms with E-state index < -0.39 is 5.82 Å². The Balaban J connectivity index is 2.32. The third-order valence-corrected chi connectivity index (χ3v) is 2.56. The van der Waals surface area contributed by atoms with E-state index in [-0.39, 0.29) is 23.4 Å². The molecular formula is C13H14FN3O2. The summed E-state index contributed by atoms with van der Waals surface area (Å²) in [7, 11) is 0. The van der Waals surface area contributed by atoms with Crippen molar-refractivity contribution in [1.82, 2.24) is 4.98 Å². The zero-order valence-electron chi connectivity index (χ0n) is 10.6. The zero-order valence-corrected chi connectivity index (χ0v) is 10.6. The van der Waals surface area contributed by atoms with Gasteiger partial charge in [0.1, 0.15) is 5.82 Å². The summed E-state index contributed by atoms with van der Waals surface area (Å²) in [6.45, 7) is 3.80. The molecule has 2 rings (SSSR count). The number of nitrogens with one attached hydrogen (secondary N) is 1. The van der Waals surface area contributed by atoms with Gasteiger partial charge in [-0.1, -0.05) is 13.8 Å². The van der Waals surface area contributed by atoms with Gasteiger partial charge in [0, 0.05) is 11.8 Å². The van der Waals surface area contributed by atoms with Gasteiger partial charge in [-0.3, -0.25) is 4.79 Å². The quantitative estimate of drug-likeness (QED) is 0.829. The number of halogens is 1. The number of aromatic nitrogens is 1. The molecule has 2 aromatic rings. The lowest BCUT2D eigenvalue weighted by Gasteiger charge is -1.97. The molecule has 2 N–H and O–H groups in total. The summed E-state index contributed by atoms with van der Waals surface area (Å²) < 4.78 is 13.0. The molecule has 0 fully saturated rings.